The summed E-state index contributed by atoms with van der Waals surface area (Å²) in [7, 11) is 0. The van der Waals surface area contributed by atoms with E-state index in [1.54, 1.807) is 12.4 Å². The lowest BCUT2D eigenvalue weighted by atomic mass is 9.75. The van der Waals surface area contributed by atoms with Gasteiger partial charge in [0.15, 0.2) is 0 Å². The van der Waals surface area contributed by atoms with Crippen molar-refractivity contribution in [3.63, 3.8) is 0 Å². The van der Waals surface area contributed by atoms with Crippen LogP contribution in [0, 0.1) is 5.92 Å². The standard InChI is InChI=1S/C20H22N2O3/c23-17-11-16(12-17)18(9-13-3-6-21-7-4-13)22-20(24)15-1-2-19-14(10-15)5-8-25-19/h1-4,6-7,10,16-18,23H,5,8-9,11-12H2,(H,22,24). The number of carbonyl (C=O) groups excluding carboxylic acids is 1. The number of benzene rings is 1. The van der Waals surface area contributed by atoms with Crippen molar-refractivity contribution in [1.82, 2.24) is 10.3 Å². The van der Waals surface area contributed by atoms with Gasteiger partial charge in [-0.1, -0.05) is 0 Å². The van der Waals surface area contributed by atoms with Crippen molar-refractivity contribution in [2.45, 2.75) is 37.8 Å². The number of hydrogen-bond acceptors (Lipinski definition) is 4. The quantitative estimate of drug-likeness (QED) is 0.876. The molecule has 5 nitrogen and oxygen atoms in total. The Morgan fingerprint density at radius 1 is 1.28 bits per heavy atom. The normalized spacial score (nSPS) is 22.4. The number of nitrogens with one attached hydrogen (secondary N) is 1. The molecule has 25 heavy (non-hydrogen) atoms. The second-order valence-electron chi connectivity index (χ2n) is 6.95. The molecule has 0 radical (unpaired) electrons. The van der Waals surface area contributed by atoms with Gasteiger partial charge in [-0.05, 0) is 66.6 Å². The molecule has 1 aliphatic heterocycles. The van der Waals surface area contributed by atoms with E-state index in [1.807, 2.05) is 30.3 Å². The number of carbonyl (C=O) groups is 1. The molecule has 130 valence electrons. The van der Waals surface area contributed by atoms with Gasteiger partial charge in [0.1, 0.15) is 5.75 Å². The van der Waals surface area contributed by atoms with Gasteiger partial charge >= 0.3 is 0 Å². The van der Waals surface area contributed by atoms with Crippen molar-refractivity contribution < 1.29 is 14.6 Å². The molecule has 0 bridgehead atoms. The molecule has 2 aromatic rings. The van der Waals surface area contributed by atoms with E-state index in [4.69, 9.17) is 4.74 Å². The van der Waals surface area contributed by atoms with Gasteiger partial charge in [-0.2, -0.15) is 0 Å². The molecular weight excluding hydrogens is 316 g/mol. The lowest BCUT2D eigenvalue weighted by Crippen LogP contribution is -2.48. The molecule has 1 aromatic heterocycles. The number of aromatic nitrogens is 1. The molecule has 0 saturated heterocycles. The van der Waals surface area contributed by atoms with Crippen LogP contribution >= 0.6 is 0 Å². The third-order valence-corrected chi connectivity index (χ3v) is 5.19. The maximum Gasteiger partial charge on any atom is 0.251 e. The number of rotatable bonds is 5. The fraction of sp³-hybridized carbons (Fsp3) is 0.400. The van der Waals surface area contributed by atoms with Crippen molar-refractivity contribution in [2.24, 2.45) is 5.92 Å². The number of fused-ring (bicyclic) bond motifs is 1. The van der Waals surface area contributed by atoms with Crippen molar-refractivity contribution in [3.05, 3.63) is 59.4 Å². The number of pyridine rings is 1. The maximum absolute atomic E-state index is 12.7. The topological polar surface area (TPSA) is 71.5 Å². The van der Waals surface area contributed by atoms with E-state index in [1.165, 1.54) is 0 Å². The molecule has 0 spiro atoms. The van der Waals surface area contributed by atoms with Gasteiger partial charge in [-0.3, -0.25) is 9.78 Å². The Labute approximate surface area is 147 Å². The van der Waals surface area contributed by atoms with Gasteiger partial charge < -0.3 is 15.2 Å². The Bertz CT molecular complexity index is 757. The molecule has 4 rings (SSSR count). The Balaban J connectivity index is 1.48. The number of hydrogen-bond donors (Lipinski definition) is 2. The second-order valence-corrected chi connectivity index (χ2v) is 6.95. The summed E-state index contributed by atoms with van der Waals surface area (Å²) < 4.78 is 5.50. The molecule has 2 aliphatic rings. The van der Waals surface area contributed by atoms with Gasteiger partial charge in [0.25, 0.3) is 5.91 Å². The molecule has 1 aliphatic carbocycles. The Morgan fingerprint density at radius 2 is 2.08 bits per heavy atom. The SMILES string of the molecule is O=C(NC(Cc1ccncc1)C1CC(O)C1)c1ccc2c(c1)CCO2. The molecule has 1 fully saturated rings. The summed E-state index contributed by atoms with van der Waals surface area (Å²) in [6.45, 7) is 0.686. The highest BCUT2D eigenvalue weighted by atomic mass is 16.5. The van der Waals surface area contributed by atoms with Crippen molar-refractivity contribution >= 4 is 5.91 Å². The Hall–Kier alpha value is -2.40. The highest BCUT2D eigenvalue weighted by Gasteiger charge is 2.35. The van der Waals surface area contributed by atoms with E-state index in [-0.39, 0.29) is 18.1 Å². The lowest BCUT2D eigenvalue weighted by molar-refractivity contribution is 0.0239. The van der Waals surface area contributed by atoms with Crippen LogP contribution in [0.4, 0.5) is 0 Å². The zero-order chi connectivity index (χ0) is 17.2. The van der Waals surface area contributed by atoms with Crippen molar-refractivity contribution in [2.75, 3.05) is 6.61 Å². The maximum atomic E-state index is 12.7. The minimum absolute atomic E-state index is 0.0165. The molecule has 1 amide bonds. The van der Waals surface area contributed by atoms with Crippen LogP contribution in [0.1, 0.15) is 34.3 Å². The summed E-state index contributed by atoms with van der Waals surface area (Å²) in [6.07, 6.45) is 6.39. The van der Waals surface area contributed by atoms with Gasteiger partial charge in [-0.25, -0.2) is 0 Å². The minimum atomic E-state index is -0.237. The molecule has 1 aromatic carbocycles. The van der Waals surface area contributed by atoms with E-state index < -0.39 is 0 Å². The fourth-order valence-electron chi connectivity index (χ4n) is 3.65. The highest BCUT2D eigenvalue weighted by Crippen LogP contribution is 2.32. The zero-order valence-corrected chi connectivity index (χ0v) is 14.0. The van der Waals surface area contributed by atoms with Crippen LogP contribution in [0.15, 0.2) is 42.7 Å². The van der Waals surface area contributed by atoms with Crippen molar-refractivity contribution in [1.29, 1.82) is 0 Å². The molecule has 1 unspecified atom stereocenters. The minimum Gasteiger partial charge on any atom is -0.493 e. The average Bonchev–Trinajstić information content (AvgIpc) is 3.07. The first-order valence-electron chi connectivity index (χ1n) is 8.82. The van der Waals surface area contributed by atoms with Gasteiger partial charge in [0, 0.05) is 30.4 Å². The highest BCUT2D eigenvalue weighted by molar-refractivity contribution is 5.94. The number of ether oxygens (including phenoxy) is 1. The first kappa shape index (κ1) is 16.1. The predicted molar refractivity (Wildman–Crippen MR) is 93.6 cm³/mol. The van der Waals surface area contributed by atoms with Crippen LogP contribution in [0.3, 0.4) is 0 Å². The molecule has 1 saturated carbocycles. The van der Waals surface area contributed by atoms with E-state index in [2.05, 4.69) is 10.3 Å². The molecule has 2 heterocycles. The third kappa shape index (κ3) is 3.51. The van der Waals surface area contributed by atoms with Crippen LogP contribution in [0.2, 0.25) is 0 Å². The van der Waals surface area contributed by atoms with Crippen LogP contribution in [-0.4, -0.2) is 34.8 Å². The smallest absolute Gasteiger partial charge is 0.251 e. The summed E-state index contributed by atoms with van der Waals surface area (Å²) in [5.41, 5.74) is 2.91. The number of amides is 1. The summed E-state index contributed by atoms with van der Waals surface area (Å²) in [5.74, 6) is 1.13. The van der Waals surface area contributed by atoms with Gasteiger partial charge in [-0.15, -0.1) is 0 Å². The third-order valence-electron chi connectivity index (χ3n) is 5.19. The second kappa shape index (κ2) is 6.84. The van der Waals surface area contributed by atoms with E-state index in [0.717, 1.165) is 42.6 Å². The van der Waals surface area contributed by atoms with Crippen LogP contribution in [0.25, 0.3) is 0 Å². The summed E-state index contributed by atoms with van der Waals surface area (Å²) in [5, 5.41) is 12.8. The first-order chi connectivity index (χ1) is 12.2. The first-order valence-corrected chi connectivity index (χ1v) is 8.82. The molecule has 2 N–H and O–H groups in total. The zero-order valence-electron chi connectivity index (χ0n) is 14.0. The molecular formula is C20H22N2O3. The van der Waals surface area contributed by atoms with Gasteiger partial charge in [0.2, 0.25) is 0 Å². The van der Waals surface area contributed by atoms with Crippen LogP contribution in [0.5, 0.6) is 5.75 Å². The Morgan fingerprint density at radius 3 is 2.84 bits per heavy atom. The predicted octanol–water partition coefficient (Wildman–Crippen LogP) is 2.13. The summed E-state index contributed by atoms with van der Waals surface area (Å²) in [4.78, 5) is 16.8. The Kier molecular flexibility index (Phi) is 4.40. The lowest BCUT2D eigenvalue weighted by Gasteiger charge is -2.38. The van der Waals surface area contributed by atoms with Crippen molar-refractivity contribution in [3.8, 4) is 5.75 Å². The van der Waals surface area contributed by atoms with E-state index in [9.17, 15) is 9.90 Å². The average molecular weight is 338 g/mol. The molecule has 5 heteroatoms. The number of aliphatic hydroxyl groups is 1. The van der Waals surface area contributed by atoms with Crippen LogP contribution in [-0.2, 0) is 12.8 Å². The monoisotopic (exact) mass is 338 g/mol. The number of aliphatic hydroxyl groups excluding tert-OH is 1. The van der Waals surface area contributed by atoms with E-state index in [0.29, 0.717) is 18.1 Å². The largest absolute Gasteiger partial charge is 0.493 e. The summed E-state index contributed by atoms with van der Waals surface area (Å²) in [6, 6.07) is 9.59. The van der Waals surface area contributed by atoms with E-state index >= 15 is 0 Å². The fourth-order valence-corrected chi connectivity index (χ4v) is 3.65. The molecule has 1 atom stereocenters. The van der Waals surface area contributed by atoms with Gasteiger partial charge in [0.05, 0.1) is 12.7 Å². The van der Waals surface area contributed by atoms with Crippen LogP contribution < -0.4 is 10.1 Å². The number of nitrogens with zero attached hydrogens (tertiary/aromatic N) is 1. The summed E-state index contributed by atoms with van der Waals surface area (Å²) >= 11 is 0.